The Hall–Kier alpha value is -1.81. The van der Waals surface area contributed by atoms with Gasteiger partial charge in [-0.05, 0) is 70.6 Å². The van der Waals surface area contributed by atoms with Crippen molar-refractivity contribution in [2.75, 3.05) is 52.6 Å². The molecule has 10 rings (SSSR count). The molecule has 2 saturated carbocycles. The molecule has 0 spiro atoms. The van der Waals surface area contributed by atoms with Crippen LogP contribution in [-0.2, 0) is 9.47 Å². The zero-order valence-corrected chi connectivity index (χ0v) is 61.3. The minimum absolute atomic E-state index is 0.237. The molecule has 2 aliphatic carbocycles. The minimum atomic E-state index is -2.68. The third-order valence-corrected chi connectivity index (χ3v) is 49.0. The summed E-state index contributed by atoms with van der Waals surface area (Å²) in [6.45, 7) is 40.2. The van der Waals surface area contributed by atoms with Crippen molar-refractivity contribution in [3.63, 3.8) is 0 Å². The van der Waals surface area contributed by atoms with E-state index in [4.69, 9.17) is 19.4 Å². The van der Waals surface area contributed by atoms with Crippen molar-refractivity contribution in [2.45, 2.75) is 239 Å². The van der Waals surface area contributed by atoms with Gasteiger partial charge in [0.25, 0.3) is 0 Å². The van der Waals surface area contributed by atoms with Gasteiger partial charge in [-0.25, -0.2) is 4.98 Å². The number of rotatable bonds is 17. The first kappa shape index (κ1) is 66.2. The number of pyridine rings is 2. The Bertz CT molecular complexity index is 2820. The predicted octanol–water partition coefficient (Wildman–Crippen LogP) is 18.4. The van der Waals surface area contributed by atoms with E-state index in [-0.39, 0.29) is 10.1 Å². The van der Waals surface area contributed by atoms with Crippen molar-refractivity contribution in [1.82, 2.24) is 38.2 Å². The van der Waals surface area contributed by atoms with E-state index in [1.807, 2.05) is 15.3 Å². The van der Waals surface area contributed by atoms with Gasteiger partial charge in [-0.3, -0.25) is 14.9 Å². The Kier molecular flexibility index (Phi) is 24.1. The molecule has 2 aliphatic heterocycles. The molecule has 0 N–H and O–H groups in total. The van der Waals surface area contributed by atoms with Crippen molar-refractivity contribution in [3.05, 3.63) is 75.2 Å². The molecule has 0 unspecified atom stereocenters. The molecule has 10 nitrogen and oxygen atoms in total. The number of unbranched alkanes of at least 4 members (excludes halogenated alkanes) is 3. The van der Waals surface area contributed by atoms with E-state index in [1.165, 1.54) is 162 Å². The van der Waals surface area contributed by atoms with Gasteiger partial charge in [0.05, 0.1) is 32.5 Å². The van der Waals surface area contributed by atoms with Gasteiger partial charge >= 0.3 is 266 Å². The Morgan fingerprint density at radius 1 is 0.573 bits per heavy atom. The van der Waals surface area contributed by atoms with Crippen LogP contribution in [0.15, 0.2) is 64.1 Å². The van der Waals surface area contributed by atoms with Crippen LogP contribution >= 0.6 is 38.6 Å². The van der Waals surface area contributed by atoms with Gasteiger partial charge in [0.15, 0.2) is 8.24 Å². The number of hydrogen-bond donors (Lipinski definition) is 0. The maximum absolute atomic E-state index is 5.76. The molecule has 8 heterocycles. The molecule has 0 aromatic carbocycles. The summed E-state index contributed by atoms with van der Waals surface area (Å²) in [5.74, 6) is 1.28. The molecule has 16 heteroatoms. The summed E-state index contributed by atoms with van der Waals surface area (Å²) >= 11 is 3.87. The van der Waals surface area contributed by atoms with Gasteiger partial charge in [0.1, 0.15) is 5.65 Å². The first-order chi connectivity index (χ1) is 39.2. The van der Waals surface area contributed by atoms with E-state index in [2.05, 4.69) is 170 Å². The Morgan fingerprint density at radius 3 is 1.44 bits per heavy atom. The van der Waals surface area contributed by atoms with Crippen molar-refractivity contribution < 1.29 is 9.47 Å². The summed E-state index contributed by atoms with van der Waals surface area (Å²) in [5.41, 5.74) is 10.5. The van der Waals surface area contributed by atoms with Crippen LogP contribution in [0, 0.1) is 0 Å². The molecule has 0 radical (unpaired) electrons. The molecule has 4 fully saturated rings. The summed E-state index contributed by atoms with van der Waals surface area (Å²) in [5, 5.41) is 3.41. The number of halogens is 1. The van der Waals surface area contributed by atoms with Crippen LogP contribution < -0.4 is 3.58 Å². The van der Waals surface area contributed by atoms with Crippen LogP contribution in [0.25, 0.3) is 32.5 Å². The molecule has 454 valence electrons. The summed E-state index contributed by atoms with van der Waals surface area (Å²) in [6.07, 6.45) is 34.3. The molecule has 6 aromatic heterocycles. The third-order valence-electron chi connectivity index (χ3n) is 20.8. The monoisotopic (exact) mass is 1360 g/mol. The van der Waals surface area contributed by atoms with Crippen molar-refractivity contribution in [1.29, 1.82) is 0 Å². The van der Waals surface area contributed by atoms with E-state index in [1.54, 1.807) is 39.8 Å². The van der Waals surface area contributed by atoms with E-state index in [0.29, 0.717) is 11.8 Å². The van der Waals surface area contributed by atoms with Crippen LogP contribution in [0.5, 0.6) is 0 Å². The molecule has 82 heavy (non-hydrogen) atoms. The zero-order chi connectivity index (χ0) is 58.7. The summed E-state index contributed by atoms with van der Waals surface area (Å²) in [6, 6.07) is 6.63. The molecule has 0 atom stereocenters. The third kappa shape index (κ3) is 15.9. The second-order valence-corrected chi connectivity index (χ2v) is 54.5. The first-order valence-electron chi connectivity index (χ1n) is 32.3. The van der Waals surface area contributed by atoms with Crippen LogP contribution in [-0.4, -0.2) is 138 Å². The quantitative estimate of drug-likeness (QED) is 0.0835. The van der Waals surface area contributed by atoms with Gasteiger partial charge in [-0.15, -0.1) is 22.7 Å². The first-order valence-corrected chi connectivity index (χ1v) is 48.3. The second kappa shape index (κ2) is 29.9. The molecule has 0 bridgehead atoms. The fourth-order valence-electron chi connectivity index (χ4n) is 13.6. The Labute approximate surface area is 519 Å². The van der Waals surface area contributed by atoms with E-state index in [9.17, 15) is 0 Å². The van der Waals surface area contributed by atoms with Crippen LogP contribution in [0.2, 0.25) is 49.6 Å². The molecular formula is C66H107BrN8O2S2Si2Sn. The zero-order valence-electron chi connectivity index (χ0n) is 53.3. The normalized spacial score (nSPS) is 21.4. The average Bonchev–Trinajstić information content (AvgIpc) is 4.09. The molecular weight excluding hydrogens is 1260 g/mol. The average molecular weight is 1360 g/mol. The Morgan fingerprint density at radius 2 is 1.02 bits per heavy atom. The van der Waals surface area contributed by atoms with Crippen LogP contribution in [0.3, 0.4) is 0 Å². The summed E-state index contributed by atoms with van der Waals surface area (Å²) in [7, 11) is -3.62. The van der Waals surface area contributed by atoms with Crippen LogP contribution in [0.4, 0.5) is 0 Å². The van der Waals surface area contributed by atoms with Gasteiger partial charge in [-0.1, -0.05) is 33.9 Å². The van der Waals surface area contributed by atoms with E-state index >= 15 is 0 Å². The number of thiazole rings is 2. The van der Waals surface area contributed by atoms with Gasteiger partial charge in [0.2, 0.25) is 0 Å². The maximum atomic E-state index is 5.76. The predicted molar refractivity (Wildman–Crippen MR) is 364 cm³/mol. The van der Waals surface area contributed by atoms with Crippen molar-refractivity contribution in [3.8, 4) is 10.4 Å². The second-order valence-electron chi connectivity index (χ2n) is 28.0. The number of aromatic nitrogens is 6. The SMILES string of the molecule is Brc1cncs1.CC(C)(C)[Si](C)(C)n1cc(-c2cncs2)c2cc(C3CCC(N4CCCOCC4)CC3)cnc21.CCC[CH2][Sn]([CH2]CCC)([CH2]CCC)[c]1cn([Si](C)(C)C(C)(C)C)c2ncc(C3CCC(N4CCCOCC4)CC3)cc12. The standard InChI is InChI=1S/C27H40N4OSSi.C24H38N3OSi.3C4H9.C3H2BrNS.Sn/c1-27(2,3)34(4,5)31-18-24(25-17-28-19-33-25)23-15-21(16-29-26(23)31)20-7-9-22(10-8-20)30-11-6-13-32-14-12-30;1-24(2,3)29(4,5)27-13-11-20-17-21(18-25-23(20)27)19-7-9-22(10-8-19)26-12-6-15-28-16-14-26;3*1-3-4-2;4-3-1-5-2-6-3;/h15-20,22H,6-14H2,1-5H3;13,17-19,22H,6-10,12,14-16H2,1-5H3;3*1,3-4H2,2H3;1-2H;. The summed E-state index contributed by atoms with van der Waals surface area (Å²) < 4.78 is 24.3. The number of ether oxygens (including phenoxy) is 2. The van der Waals surface area contributed by atoms with E-state index in [0.717, 1.165) is 61.0 Å². The number of fused-ring (bicyclic) bond motifs is 2. The molecule has 2 saturated heterocycles. The van der Waals surface area contributed by atoms with Gasteiger partial charge < -0.3 is 8.97 Å². The number of hydrogen-bond acceptors (Lipinski definition) is 10. The van der Waals surface area contributed by atoms with E-state index < -0.39 is 34.8 Å². The van der Waals surface area contributed by atoms with Crippen molar-refractivity contribution in [2.24, 2.45) is 0 Å². The summed E-state index contributed by atoms with van der Waals surface area (Å²) in [4.78, 5) is 25.4. The fraction of sp³-hybridized carbons (Fsp3) is 0.697. The van der Waals surface area contributed by atoms with Crippen LogP contribution in [0.1, 0.15) is 188 Å². The number of nitrogens with zero attached hydrogens (tertiary/aromatic N) is 8. The molecule has 0 amide bonds. The fourth-order valence-corrected chi connectivity index (χ4v) is 35.6. The molecule has 6 aromatic rings. The van der Waals surface area contributed by atoms with Gasteiger partial charge in [-0.2, -0.15) is 0 Å². The van der Waals surface area contributed by atoms with Gasteiger partial charge in [0, 0.05) is 55.3 Å². The molecule has 4 aliphatic rings. The Balaban J connectivity index is 0.000000197. The van der Waals surface area contributed by atoms with Crippen molar-refractivity contribution >= 4 is 99.1 Å². The topological polar surface area (TPSA) is 86.4 Å².